The van der Waals surface area contributed by atoms with Gasteiger partial charge in [-0.25, -0.2) is 0 Å². The van der Waals surface area contributed by atoms with E-state index in [-0.39, 0.29) is 6.04 Å². The summed E-state index contributed by atoms with van der Waals surface area (Å²) in [6.45, 7) is 9.82. The lowest BCUT2D eigenvalue weighted by Gasteiger charge is -2.23. The minimum absolute atomic E-state index is 0.118. The third-order valence-corrected chi connectivity index (χ3v) is 2.02. The number of nitrogens with one attached hydrogen (secondary N) is 1. The molecule has 0 saturated carbocycles. The Labute approximate surface area is 82.1 Å². The minimum Gasteiger partial charge on any atom is -0.380 e. The third-order valence-electron chi connectivity index (χ3n) is 2.02. The largest absolute Gasteiger partial charge is 0.380 e. The molecular weight excluding hydrogens is 162 g/mol. The van der Waals surface area contributed by atoms with Gasteiger partial charge in [-0.2, -0.15) is 0 Å². The summed E-state index contributed by atoms with van der Waals surface area (Å²) in [5.74, 6) is 3.20. The molecule has 0 rings (SSSR count). The van der Waals surface area contributed by atoms with E-state index in [0.717, 1.165) is 13.2 Å². The predicted octanol–water partition coefficient (Wildman–Crippen LogP) is 1.66. The average Bonchev–Trinajstić information content (AvgIpc) is 2.11. The highest BCUT2D eigenvalue weighted by atomic mass is 16.5. The molecular formula is C11H21NO. The maximum atomic E-state index is 5.37. The summed E-state index contributed by atoms with van der Waals surface area (Å²) >= 11 is 0. The van der Waals surface area contributed by atoms with Gasteiger partial charge in [0.15, 0.2) is 0 Å². The van der Waals surface area contributed by atoms with Crippen molar-refractivity contribution in [2.45, 2.75) is 39.8 Å². The highest BCUT2D eigenvalue weighted by Gasteiger charge is 2.14. The van der Waals surface area contributed by atoms with E-state index in [2.05, 4.69) is 25.1 Å². The average molecular weight is 183 g/mol. The highest BCUT2D eigenvalue weighted by molar-refractivity contribution is 4.97. The first kappa shape index (κ1) is 12.5. The molecule has 0 aliphatic heterocycles. The SMILES string of the molecule is C#CC(C)NC(COCC)C(C)C. The topological polar surface area (TPSA) is 21.3 Å². The van der Waals surface area contributed by atoms with Crippen LogP contribution in [0.3, 0.4) is 0 Å². The van der Waals surface area contributed by atoms with E-state index in [1.54, 1.807) is 0 Å². The molecule has 0 aromatic carbocycles. The molecule has 2 heteroatoms. The highest BCUT2D eigenvalue weighted by Crippen LogP contribution is 2.03. The van der Waals surface area contributed by atoms with Crippen LogP contribution in [-0.4, -0.2) is 25.3 Å². The molecule has 0 spiro atoms. The smallest absolute Gasteiger partial charge is 0.0661 e. The van der Waals surface area contributed by atoms with Crippen LogP contribution in [0, 0.1) is 18.3 Å². The molecule has 0 saturated heterocycles. The Balaban J connectivity index is 3.88. The first-order chi connectivity index (χ1) is 6.11. The Morgan fingerprint density at radius 3 is 2.38 bits per heavy atom. The monoisotopic (exact) mass is 183 g/mol. The van der Waals surface area contributed by atoms with Gasteiger partial charge >= 0.3 is 0 Å². The van der Waals surface area contributed by atoms with Gasteiger partial charge in [-0.3, -0.25) is 5.32 Å². The van der Waals surface area contributed by atoms with Crippen LogP contribution in [0.15, 0.2) is 0 Å². The first-order valence-electron chi connectivity index (χ1n) is 4.91. The fraction of sp³-hybridized carbons (Fsp3) is 0.818. The van der Waals surface area contributed by atoms with E-state index < -0.39 is 0 Å². The van der Waals surface area contributed by atoms with Crippen molar-refractivity contribution in [3.8, 4) is 12.3 Å². The van der Waals surface area contributed by atoms with Crippen molar-refractivity contribution in [2.24, 2.45) is 5.92 Å². The van der Waals surface area contributed by atoms with Crippen LogP contribution in [0.2, 0.25) is 0 Å². The lowest BCUT2D eigenvalue weighted by atomic mass is 10.0. The van der Waals surface area contributed by atoms with E-state index in [4.69, 9.17) is 11.2 Å². The summed E-state index contributed by atoms with van der Waals surface area (Å²) in [5, 5.41) is 3.34. The molecule has 0 heterocycles. The fourth-order valence-electron chi connectivity index (χ4n) is 1.05. The lowest BCUT2D eigenvalue weighted by Crippen LogP contribution is -2.42. The van der Waals surface area contributed by atoms with Crippen LogP contribution >= 0.6 is 0 Å². The number of hydrogen-bond acceptors (Lipinski definition) is 2. The molecule has 0 bridgehead atoms. The van der Waals surface area contributed by atoms with Gasteiger partial charge in [0.05, 0.1) is 12.6 Å². The Morgan fingerprint density at radius 2 is 2.00 bits per heavy atom. The van der Waals surface area contributed by atoms with E-state index >= 15 is 0 Å². The second-order valence-corrected chi connectivity index (χ2v) is 3.56. The summed E-state index contributed by atoms with van der Waals surface area (Å²) in [5.41, 5.74) is 0. The Morgan fingerprint density at radius 1 is 1.38 bits per heavy atom. The molecule has 2 nitrogen and oxygen atoms in total. The van der Waals surface area contributed by atoms with Crippen LogP contribution in [0.1, 0.15) is 27.7 Å². The molecule has 0 radical (unpaired) electrons. The summed E-state index contributed by atoms with van der Waals surface area (Å²) < 4.78 is 5.37. The van der Waals surface area contributed by atoms with Crippen LogP contribution in [-0.2, 0) is 4.74 Å². The van der Waals surface area contributed by atoms with Crippen LogP contribution < -0.4 is 5.32 Å². The maximum Gasteiger partial charge on any atom is 0.0661 e. The molecule has 0 fully saturated rings. The standard InChI is InChI=1S/C11H21NO/c1-6-10(5)12-11(9(3)4)8-13-7-2/h1,9-12H,7-8H2,2-5H3. The molecule has 2 atom stereocenters. The zero-order valence-electron chi connectivity index (χ0n) is 9.13. The second kappa shape index (κ2) is 6.94. The second-order valence-electron chi connectivity index (χ2n) is 3.56. The molecule has 0 aromatic rings. The Hall–Kier alpha value is -0.520. The van der Waals surface area contributed by atoms with E-state index in [1.807, 2.05) is 13.8 Å². The summed E-state index contributed by atoms with van der Waals surface area (Å²) in [7, 11) is 0. The van der Waals surface area contributed by atoms with Gasteiger partial charge in [-0.1, -0.05) is 19.8 Å². The molecule has 76 valence electrons. The zero-order chi connectivity index (χ0) is 10.3. The van der Waals surface area contributed by atoms with Gasteiger partial charge in [-0.15, -0.1) is 6.42 Å². The summed E-state index contributed by atoms with van der Waals surface area (Å²) in [4.78, 5) is 0. The van der Waals surface area contributed by atoms with Crippen LogP contribution in [0.5, 0.6) is 0 Å². The summed E-state index contributed by atoms with van der Waals surface area (Å²) in [6, 6.07) is 0.471. The number of rotatable bonds is 6. The molecule has 0 aliphatic carbocycles. The van der Waals surface area contributed by atoms with Crippen molar-refractivity contribution in [3.05, 3.63) is 0 Å². The van der Waals surface area contributed by atoms with E-state index in [9.17, 15) is 0 Å². The lowest BCUT2D eigenvalue weighted by molar-refractivity contribution is 0.107. The normalized spacial score (nSPS) is 15.4. The third kappa shape index (κ3) is 5.68. The molecule has 0 aromatic heterocycles. The van der Waals surface area contributed by atoms with Crippen LogP contribution in [0.4, 0.5) is 0 Å². The van der Waals surface area contributed by atoms with Crippen molar-refractivity contribution in [1.29, 1.82) is 0 Å². The molecule has 13 heavy (non-hydrogen) atoms. The van der Waals surface area contributed by atoms with Gasteiger partial charge in [0.1, 0.15) is 0 Å². The van der Waals surface area contributed by atoms with Crippen molar-refractivity contribution in [1.82, 2.24) is 5.32 Å². The number of terminal acetylenes is 1. The van der Waals surface area contributed by atoms with Crippen molar-refractivity contribution < 1.29 is 4.74 Å². The van der Waals surface area contributed by atoms with Crippen molar-refractivity contribution in [2.75, 3.05) is 13.2 Å². The van der Waals surface area contributed by atoms with Gasteiger partial charge < -0.3 is 4.74 Å². The molecule has 0 aliphatic rings. The van der Waals surface area contributed by atoms with Gasteiger partial charge in [0.2, 0.25) is 0 Å². The maximum absolute atomic E-state index is 5.37. The van der Waals surface area contributed by atoms with Gasteiger partial charge in [0.25, 0.3) is 0 Å². The molecule has 0 amide bonds. The quantitative estimate of drug-likeness (QED) is 0.632. The first-order valence-corrected chi connectivity index (χ1v) is 4.91. The van der Waals surface area contributed by atoms with E-state index in [1.165, 1.54) is 0 Å². The summed E-state index contributed by atoms with van der Waals surface area (Å²) in [6.07, 6.45) is 5.30. The molecule has 2 unspecified atom stereocenters. The van der Waals surface area contributed by atoms with Crippen molar-refractivity contribution >= 4 is 0 Å². The Kier molecular flexibility index (Phi) is 6.66. The number of ether oxygens (including phenoxy) is 1. The van der Waals surface area contributed by atoms with Crippen molar-refractivity contribution in [3.63, 3.8) is 0 Å². The number of hydrogen-bond donors (Lipinski definition) is 1. The molecule has 1 N–H and O–H groups in total. The van der Waals surface area contributed by atoms with Crippen LogP contribution in [0.25, 0.3) is 0 Å². The van der Waals surface area contributed by atoms with Gasteiger partial charge in [-0.05, 0) is 19.8 Å². The predicted molar refractivity (Wildman–Crippen MR) is 56.5 cm³/mol. The Bertz CT molecular complexity index is 160. The zero-order valence-corrected chi connectivity index (χ0v) is 9.13. The minimum atomic E-state index is 0.118. The fourth-order valence-corrected chi connectivity index (χ4v) is 1.05. The van der Waals surface area contributed by atoms with Gasteiger partial charge in [0, 0.05) is 12.6 Å². The van der Waals surface area contributed by atoms with E-state index in [0.29, 0.717) is 12.0 Å².